The highest BCUT2D eigenvalue weighted by Crippen LogP contribution is 1.95. The van der Waals surface area contributed by atoms with Crippen LogP contribution in [0.1, 0.15) is 19.8 Å². The maximum Gasteiger partial charge on any atom is 0.330 e. The fourth-order valence-electron chi connectivity index (χ4n) is 0.519. The molecule has 3 N–H and O–H groups in total. The molecule has 3 nitrogen and oxygen atoms in total. The van der Waals surface area contributed by atoms with Crippen LogP contribution < -0.4 is 5.73 Å². The maximum absolute atomic E-state index is 9.93. The minimum atomic E-state index is -0.971. The minimum Gasteiger partial charge on any atom is -0.478 e. The molecule has 0 heterocycles. The predicted octanol–water partition coefficient (Wildman–Crippen LogP) is 0.714. The summed E-state index contributed by atoms with van der Waals surface area (Å²) in [6.45, 7) is 1.95. The van der Waals surface area contributed by atoms with Gasteiger partial charge in [-0.1, -0.05) is 13.3 Å². The Balaban J connectivity index is 3.69. The van der Waals surface area contributed by atoms with Gasteiger partial charge in [0.2, 0.25) is 0 Å². The van der Waals surface area contributed by atoms with Gasteiger partial charge in [0.1, 0.15) is 0 Å². The van der Waals surface area contributed by atoms with Crippen LogP contribution in [0.5, 0.6) is 0 Å². The number of hydrogen-bond acceptors (Lipinski definition) is 2. The largest absolute Gasteiger partial charge is 0.478 e. The molecule has 0 bridgehead atoms. The fourth-order valence-corrected chi connectivity index (χ4v) is 0.519. The van der Waals surface area contributed by atoms with E-state index in [-0.39, 0.29) is 0 Å². The molecule has 0 amide bonds. The number of carboxylic acids is 1. The fraction of sp³-hybridized carbons (Fsp3) is 0.500. The van der Waals surface area contributed by atoms with Crippen molar-refractivity contribution in [3.8, 4) is 0 Å². The van der Waals surface area contributed by atoms with E-state index in [2.05, 4.69) is 0 Å². The number of hydrogen-bond donors (Lipinski definition) is 2. The SMILES string of the molecule is CCC/C(N)=C\C(=O)O. The van der Waals surface area contributed by atoms with E-state index in [1.54, 1.807) is 0 Å². The van der Waals surface area contributed by atoms with Gasteiger partial charge in [0.15, 0.2) is 0 Å². The third-order valence-corrected chi connectivity index (χ3v) is 0.848. The van der Waals surface area contributed by atoms with Crippen molar-refractivity contribution < 1.29 is 9.90 Å². The molecule has 52 valence electrons. The Kier molecular flexibility index (Phi) is 3.51. The zero-order chi connectivity index (χ0) is 7.28. The van der Waals surface area contributed by atoms with Crippen LogP contribution >= 0.6 is 0 Å². The van der Waals surface area contributed by atoms with E-state index in [1.807, 2.05) is 6.92 Å². The predicted molar refractivity (Wildman–Crippen MR) is 34.8 cm³/mol. The van der Waals surface area contributed by atoms with Crippen LogP contribution in [-0.2, 0) is 4.79 Å². The van der Waals surface area contributed by atoms with E-state index in [0.29, 0.717) is 12.1 Å². The van der Waals surface area contributed by atoms with Crippen LogP contribution in [0.2, 0.25) is 0 Å². The van der Waals surface area contributed by atoms with E-state index in [1.165, 1.54) is 0 Å². The molecule has 9 heavy (non-hydrogen) atoms. The smallest absolute Gasteiger partial charge is 0.330 e. The lowest BCUT2D eigenvalue weighted by atomic mass is 10.2. The Morgan fingerprint density at radius 2 is 2.33 bits per heavy atom. The molecule has 0 aliphatic carbocycles. The molecule has 0 aliphatic heterocycles. The van der Waals surface area contributed by atoms with E-state index < -0.39 is 5.97 Å². The molecule has 3 heteroatoms. The first kappa shape index (κ1) is 8.01. The summed E-state index contributed by atoms with van der Waals surface area (Å²) < 4.78 is 0. The summed E-state index contributed by atoms with van der Waals surface area (Å²) in [6, 6.07) is 0. The van der Waals surface area contributed by atoms with Gasteiger partial charge in [0.25, 0.3) is 0 Å². The van der Waals surface area contributed by atoms with Crippen molar-refractivity contribution in [3.05, 3.63) is 11.8 Å². The first-order valence-electron chi connectivity index (χ1n) is 2.85. The van der Waals surface area contributed by atoms with Gasteiger partial charge in [-0.2, -0.15) is 0 Å². The highest BCUT2D eigenvalue weighted by Gasteiger charge is 1.91. The second-order valence-electron chi connectivity index (χ2n) is 1.81. The lowest BCUT2D eigenvalue weighted by Crippen LogP contribution is -2.00. The third-order valence-electron chi connectivity index (χ3n) is 0.848. The van der Waals surface area contributed by atoms with Gasteiger partial charge in [-0.25, -0.2) is 4.79 Å². The van der Waals surface area contributed by atoms with Crippen molar-refractivity contribution in [2.45, 2.75) is 19.8 Å². The number of carbonyl (C=O) groups is 1. The number of allylic oxidation sites excluding steroid dienone is 1. The van der Waals surface area contributed by atoms with Gasteiger partial charge in [0.05, 0.1) is 0 Å². The molecule has 0 radical (unpaired) electrons. The average molecular weight is 129 g/mol. The lowest BCUT2D eigenvalue weighted by Gasteiger charge is -1.92. The molecule has 0 rings (SSSR count). The van der Waals surface area contributed by atoms with Crippen LogP contribution in [0.15, 0.2) is 11.8 Å². The number of aliphatic carboxylic acids is 1. The number of nitrogens with two attached hydrogens (primary N) is 1. The molecule has 0 saturated carbocycles. The van der Waals surface area contributed by atoms with E-state index in [0.717, 1.165) is 12.5 Å². The number of rotatable bonds is 3. The Hall–Kier alpha value is -0.990. The first-order valence-corrected chi connectivity index (χ1v) is 2.85. The Bertz CT molecular complexity index is 129. The van der Waals surface area contributed by atoms with E-state index in [4.69, 9.17) is 10.8 Å². The van der Waals surface area contributed by atoms with Crippen molar-refractivity contribution in [3.63, 3.8) is 0 Å². The van der Waals surface area contributed by atoms with Gasteiger partial charge in [0, 0.05) is 11.8 Å². The lowest BCUT2D eigenvalue weighted by molar-refractivity contribution is -0.131. The normalized spacial score (nSPS) is 11.4. The second kappa shape index (κ2) is 3.95. The summed E-state index contributed by atoms with van der Waals surface area (Å²) in [7, 11) is 0. The summed E-state index contributed by atoms with van der Waals surface area (Å²) >= 11 is 0. The second-order valence-corrected chi connectivity index (χ2v) is 1.81. The zero-order valence-electron chi connectivity index (χ0n) is 5.42. The molecule has 0 aromatic carbocycles. The molecule has 0 aromatic rings. The zero-order valence-corrected chi connectivity index (χ0v) is 5.42. The topological polar surface area (TPSA) is 63.3 Å². The molecule has 0 fully saturated rings. The summed E-state index contributed by atoms with van der Waals surface area (Å²) in [5.41, 5.74) is 5.70. The van der Waals surface area contributed by atoms with Crippen molar-refractivity contribution in [1.29, 1.82) is 0 Å². The quantitative estimate of drug-likeness (QED) is 0.552. The molecule has 0 atom stereocenters. The van der Waals surface area contributed by atoms with E-state index in [9.17, 15) is 4.79 Å². The molecule has 0 aromatic heterocycles. The van der Waals surface area contributed by atoms with Gasteiger partial charge in [-0.05, 0) is 6.42 Å². The third kappa shape index (κ3) is 4.87. The maximum atomic E-state index is 9.93. The molecular weight excluding hydrogens is 118 g/mol. The monoisotopic (exact) mass is 129 g/mol. The van der Waals surface area contributed by atoms with Gasteiger partial charge < -0.3 is 10.8 Å². The van der Waals surface area contributed by atoms with Gasteiger partial charge in [-0.3, -0.25) is 0 Å². The van der Waals surface area contributed by atoms with Crippen LogP contribution in [0.25, 0.3) is 0 Å². The molecule has 0 saturated heterocycles. The molecule has 0 spiro atoms. The van der Waals surface area contributed by atoms with Crippen molar-refractivity contribution in [2.75, 3.05) is 0 Å². The van der Waals surface area contributed by atoms with Crippen molar-refractivity contribution in [1.82, 2.24) is 0 Å². The van der Waals surface area contributed by atoms with Crippen molar-refractivity contribution >= 4 is 5.97 Å². The molecule has 0 aliphatic rings. The Morgan fingerprint density at radius 3 is 2.67 bits per heavy atom. The highest BCUT2D eigenvalue weighted by molar-refractivity contribution is 5.80. The summed E-state index contributed by atoms with van der Waals surface area (Å²) in [6.07, 6.45) is 2.57. The van der Waals surface area contributed by atoms with Gasteiger partial charge in [-0.15, -0.1) is 0 Å². The summed E-state index contributed by atoms with van der Waals surface area (Å²) in [5, 5.41) is 8.15. The van der Waals surface area contributed by atoms with Crippen LogP contribution in [0, 0.1) is 0 Å². The van der Waals surface area contributed by atoms with Crippen LogP contribution in [-0.4, -0.2) is 11.1 Å². The van der Waals surface area contributed by atoms with Crippen molar-refractivity contribution in [2.24, 2.45) is 5.73 Å². The molecular formula is C6H11NO2. The van der Waals surface area contributed by atoms with Gasteiger partial charge >= 0.3 is 5.97 Å². The van der Waals surface area contributed by atoms with Crippen LogP contribution in [0.3, 0.4) is 0 Å². The summed E-state index contributed by atoms with van der Waals surface area (Å²) in [4.78, 5) is 9.93. The standard InChI is InChI=1S/C6H11NO2/c1-2-3-5(7)4-6(8)9/h4H,2-3,7H2,1H3,(H,8,9)/b5-4+. The number of carboxylic acid groups (broad SMARTS) is 1. The van der Waals surface area contributed by atoms with E-state index >= 15 is 0 Å². The average Bonchev–Trinajstić information content (AvgIpc) is 1.63. The summed E-state index contributed by atoms with van der Waals surface area (Å²) in [5.74, 6) is -0.971. The highest BCUT2D eigenvalue weighted by atomic mass is 16.4. The minimum absolute atomic E-state index is 0.435. The Labute approximate surface area is 54.2 Å². The Morgan fingerprint density at radius 1 is 1.78 bits per heavy atom. The first-order chi connectivity index (χ1) is 4.16. The molecule has 0 unspecified atom stereocenters. The van der Waals surface area contributed by atoms with Crippen LogP contribution in [0.4, 0.5) is 0 Å².